The second kappa shape index (κ2) is 6.97. The van der Waals surface area contributed by atoms with Crippen LogP contribution in [0.15, 0.2) is 48.8 Å². The van der Waals surface area contributed by atoms with Crippen LogP contribution >= 0.6 is 23.2 Å². The molecule has 1 N–H and O–H groups in total. The Hall–Kier alpha value is -2.70. The van der Waals surface area contributed by atoms with E-state index < -0.39 is 5.82 Å². The van der Waals surface area contributed by atoms with Gasteiger partial charge in [0.15, 0.2) is 5.82 Å². The molecule has 0 bridgehead atoms. The molecular formula is C21H14Cl2F2N4. The fraction of sp³-hybridized carbons (Fsp3) is 0.143. The van der Waals surface area contributed by atoms with Crippen LogP contribution in [0.25, 0.3) is 10.9 Å². The molecule has 8 heteroatoms. The minimum absolute atomic E-state index is 0.0843. The number of nitrogens with one attached hydrogen (secondary N) is 1. The number of hydrogen-bond acceptors (Lipinski definition) is 3. The van der Waals surface area contributed by atoms with E-state index in [0.29, 0.717) is 34.8 Å². The van der Waals surface area contributed by atoms with E-state index in [0.717, 1.165) is 16.8 Å². The number of anilines is 1. The smallest absolute Gasteiger partial charge is 0.226 e. The Balaban J connectivity index is 1.73. The lowest BCUT2D eigenvalue weighted by atomic mass is 9.92. The van der Waals surface area contributed by atoms with E-state index in [9.17, 15) is 8.78 Å². The fourth-order valence-corrected chi connectivity index (χ4v) is 4.23. The summed E-state index contributed by atoms with van der Waals surface area (Å²) in [5, 5.41) is 1.02. The lowest BCUT2D eigenvalue weighted by Gasteiger charge is -2.36. The number of halogens is 4. The van der Waals surface area contributed by atoms with Gasteiger partial charge in [0.05, 0.1) is 28.5 Å². The van der Waals surface area contributed by atoms with E-state index in [1.807, 2.05) is 4.90 Å². The van der Waals surface area contributed by atoms with Gasteiger partial charge >= 0.3 is 0 Å². The molecule has 0 saturated carbocycles. The van der Waals surface area contributed by atoms with Gasteiger partial charge in [0.25, 0.3) is 0 Å². The number of hydrogen-bond donors (Lipinski definition) is 1. The molecule has 2 aromatic carbocycles. The third kappa shape index (κ3) is 3.03. The molecule has 4 nitrogen and oxygen atoms in total. The highest BCUT2D eigenvalue weighted by Gasteiger charge is 2.34. The SMILES string of the molecule is Fc1ccc(C2c3[nH]c4ccc(Cl)c(F)c4c3CCN2c2ncc(Cl)cn2)cc1. The predicted molar refractivity (Wildman–Crippen MR) is 110 cm³/mol. The van der Waals surface area contributed by atoms with Crippen molar-refractivity contribution in [3.8, 4) is 0 Å². The summed E-state index contributed by atoms with van der Waals surface area (Å²) >= 11 is 12.0. The van der Waals surface area contributed by atoms with E-state index in [1.165, 1.54) is 30.6 Å². The Morgan fingerprint density at radius 2 is 1.72 bits per heavy atom. The molecule has 5 rings (SSSR count). The number of aromatic nitrogens is 3. The van der Waals surface area contributed by atoms with E-state index in [-0.39, 0.29) is 16.9 Å². The van der Waals surface area contributed by atoms with Crippen molar-refractivity contribution in [1.82, 2.24) is 15.0 Å². The van der Waals surface area contributed by atoms with Crippen molar-refractivity contribution in [3.05, 3.63) is 87.3 Å². The second-order valence-electron chi connectivity index (χ2n) is 6.90. The van der Waals surface area contributed by atoms with Crippen molar-refractivity contribution in [3.63, 3.8) is 0 Å². The molecule has 4 aromatic rings. The molecular weight excluding hydrogens is 417 g/mol. The first-order valence-electron chi connectivity index (χ1n) is 9.01. The summed E-state index contributed by atoms with van der Waals surface area (Å²) in [6.07, 6.45) is 3.65. The van der Waals surface area contributed by atoms with E-state index in [4.69, 9.17) is 23.2 Å². The molecule has 3 heterocycles. The zero-order chi connectivity index (χ0) is 20.1. The number of rotatable bonds is 2. The van der Waals surface area contributed by atoms with Gasteiger partial charge in [0.1, 0.15) is 5.82 Å². The summed E-state index contributed by atoms with van der Waals surface area (Å²) in [6.45, 7) is 0.551. The predicted octanol–water partition coefficient (Wildman–Crippen LogP) is 5.70. The quantitative estimate of drug-likeness (QED) is 0.443. The van der Waals surface area contributed by atoms with Crippen LogP contribution in [0, 0.1) is 11.6 Å². The van der Waals surface area contributed by atoms with Crippen molar-refractivity contribution >= 4 is 40.1 Å². The summed E-state index contributed by atoms with van der Waals surface area (Å²) in [4.78, 5) is 14.1. The molecule has 1 atom stereocenters. The third-order valence-electron chi connectivity index (χ3n) is 5.23. The number of H-pyrrole nitrogens is 1. The first-order chi connectivity index (χ1) is 14.0. The Kier molecular flexibility index (Phi) is 4.41. The van der Waals surface area contributed by atoms with E-state index in [2.05, 4.69) is 15.0 Å². The maximum atomic E-state index is 14.8. The molecule has 1 unspecified atom stereocenters. The Morgan fingerprint density at radius 3 is 2.45 bits per heavy atom. The largest absolute Gasteiger partial charge is 0.356 e. The van der Waals surface area contributed by atoms with Crippen LogP contribution in [-0.2, 0) is 6.42 Å². The molecule has 2 aromatic heterocycles. The maximum Gasteiger partial charge on any atom is 0.226 e. The molecule has 146 valence electrons. The average Bonchev–Trinajstić information content (AvgIpc) is 3.11. The minimum atomic E-state index is -0.435. The summed E-state index contributed by atoms with van der Waals surface area (Å²) in [5.74, 6) is -0.268. The van der Waals surface area contributed by atoms with Crippen LogP contribution in [0.4, 0.5) is 14.7 Å². The molecule has 1 aliphatic heterocycles. The van der Waals surface area contributed by atoms with Gasteiger partial charge in [0, 0.05) is 23.1 Å². The monoisotopic (exact) mass is 430 g/mol. The molecule has 0 saturated heterocycles. The normalized spacial score (nSPS) is 16.3. The Morgan fingerprint density at radius 1 is 1.00 bits per heavy atom. The van der Waals surface area contributed by atoms with Crippen molar-refractivity contribution < 1.29 is 8.78 Å². The summed E-state index contributed by atoms with van der Waals surface area (Å²) in [6, 6.07) is 9.21. The van der Waals surface area contributed by atoms with Crippen LogP contribution in [0.5, 0.6) is 0 Å². The standard InChI is InChI=1S/C21H14Cl2F2N4/c22-12-9-26-21(27-10-12)29-8-7-14-17-16(6-5-15(23)18(17)25)28-19(14)20(29)11-1-3-13(24)4-2-11/h1-6,9-10,20,28H,7-8H2. The van der Waals surface area contributed by atoms with Gasteiger partial charge < -0.3 is 9.88 Å². The lowest BCUT2D eigenvalue weighted by Crippen LogP contribution is -2.37. The number of aromatic amines is 1. The number of fused-ring (bicyclic) bond motifs is 3. The maximum absolute atomic E-state index is 14.8. The Labute approximate surface area is 175 Å². The lowest BCUT2D eigenvalue weighted by molar-refractivity contribution is 0.610. The van der Waals surface area contributed by atoms with Crippen LogP contribution in [0.2, 0.25) is 10.0 Å². The van der Waals surface area contributed by atoms with Crippen molar-refractivity contribution in [2.45, 2.75) is 12.5 Å². The molecule has 0 fully saturated rings. The van der Waals surface area contributed by atoms with E-state index in [1.54, 1.807) is 18.2 Å². The van der Waals surface area contributed by atoms with Gasteiger partial charge in [-0.25, -0.2) is 18.7 Å². The van der Waals surface area contributed by atoms with Crippen molar-refractivity contribution in [1.29, 1.82) is 0 Å². The van der Waals surface area contributed by atoms with Gasteiger partial charge in [0.2, 0.25) is 5.95 Å². The first-order valence-corrected chi connectivity index (χ1v) is 9.76. The van der Waals surface area contributed by atoms with Gasteiger partial charge in [-0.05, 0) is 41.8 Å². The summed E-state index contributed by atoms with van der Waals surface area (Å²) < 4.78 is 28.4. The van der Waals surface area contributed by atoms with Gasteiger partial charge in [-0.2, -0.15) is 0 Å². The topological polar surface area (TPSA) is 44.8 Å². The summed E-state index contributed by atoms with van der Waals surface area (Å²) in [5.41, 5.74) is 3.18. The zero-order valence-electron chi connectivity index (χ0n) is 15.0. The Bertz CT molecular complexity index is 1210. The molecule has 29 heavy (non-hydrogen) atoms. The van der Waals surface area contributed by atoms with Gasteiger partial charge in [-0.15, -0.1) is 0 Å². The van der Waals surface area contributed by atoms with Crippen molar-refractivity contribution in [2.75, 3.05) is 11.4 Å². The van der Waals surface area contributed by atoms with Crippen LogP contribution in [0.3, 0.4) is 0 Å². The molecule has 1 aliphatic rings. The molecule has 0 spiro atoms. The van der Waals surface area contributed by atoms with Crippen LogP contribution < -0.4 is 4.90 Å². The molecule has 0 aliphatic carbocycles. The van der Waals surface area contributed by atoms with E-state index >= 15 is 0 Å². The van der Waals surface area contributed by atoms with Crippen molar-refractivity contribution in [2.24, 2.45) is 0 Å². The second-order valence-corrected chi connectivity index (χ2v) is 7.74. The highest BCUT2D eigenvalue weighted by molar-refractivity contribution is 6.31. The zero-order valence-corrected chi connectivity index (χ0v) is 16.5. The highest BCUT2D eigenvalue weighted by Crippen LogP contribution is 2.41. The minimum Gasteiger partial charge on any atom is -0.356 e. The number of nitrogens with zero attached hydrogens (tertiary/aromatic N) is 3. The van der Waals surface area contributed by atoms with Gasteiger partial charge in [-0.3, -0.25) is 0 Å². The first kappa shape index (κ1) is 18.3. The fourth-order valence-electron chi connectivity index (χ4n) is 3.98. The van der Waals surface area contributed by atoms with Crippen LogP contribution in [0.1, 0.15) is 22.9 Å². The third-order valence-corrected chi connectivity index (χ3v) is 5.72. The highest BCUT2D eigenvalue weighted by atomic mass is 35.5. The molecule has 0 radical (unpaired) electrons. The molecule has 0 amide bonds. The number of benzene rings is 2. The average molecular weight is 431 g/mol. The summed E-state index contributed by atoms with van der Waals surface area (Å²) in [7, 11) is 0. The van der Waals surface area contributed by atoms with Gasteiger partial charge in [-0.1, -0.05) is 35.3 Å². The van der Waals surface area contributed by atoms with Crippen LogP contribution in [-0.4, -0.2) is 21.5 Å².